The number of nitrogens with one attached hydrogen (secondary N) is 1. The first-order valence-corrected chi connectivity index (χ1v) is 9.12. The summed E-state index contributed by atoms with van der Waals surface area (Å²) in [5.74, 6) is 0.982. The van der Waals surface area contributed by atoms with Crippen LogP contribution in [-0.2, 0) is 6.42 Å². The summed E-state index contributed by atoms with van der Waals surface area (Å²) in [4.78, 5) is 0. The Morgan fingerprint density at radius 2 is 1.92 bits per heavy atom. The molecule has 2 N–H and O–H groups in total. The van der Waals surface area contributed by atoms with Crippen LogP contribution in [0.5, 0.6) is 11.5 Å². The molecule has 0 aliphatic heterocycles. The van der Waals surface area contributed by atoms with E-state index in [0.717, 1.165) is 38.0 Å². The molecule has 0 radical (unpaired) electrons. The molecule has 0 unspecified atom stereocenters. The van der Waals surface area contributed by atoms with Crippen molar-refractivity contribution in [2.24, 2.45) is 0 Å². The van der Waals surface area contributed by atoms with Crippen molar-refractivity contribution in [3.63, 3.8) is 0 Å². The van der Waals surface area contributed by atoms with Crippen LogP contribution in [0, 0.1) is 5.82 Å². The fraction of sp³-hybridized carbons (Fsp3) is 0.429. The van der Waals surface area contributed by atoms with Crippen molar-refractivity contribution < 1.29 is 19.0 Å². The number of benzene rings is 2. The summed E-state index contributed by atoms with van der Waals surface area (Å²) in [5, 5.41) is 14.1. The van der Waals surface area contributed by atoms with E-state index in [1.807, 2.05) is 18.2 Å². The Balaban J connectivity index is 1.51. The third kappa shape index (κ3) is 4.96. The van der Waals surface area contributed by atoms with Crippen LogP contribution in [0.4, 0.5) is 4.39 Å². The lowest BCUT2D eigenvalue weighted by Crippen LogP contribution is -2.51. The topological polar surface area (TPSA) is 50.7 Å². The van der Waals surface area contributed by atoms with E-state index in [0.29, 0.717) is 5.75 Å². The summed E-state index contributed by atoms with van der Waals surface area (Å²) in [7, 11) is 1.66. The van der Waals surface area contributed by atoms with Gasteiger partial charge in [-0.05, 0) is 62.1 Å². The lowest BCUT2D eigenvalue weighted by molar-refractivity contribution is -0.0152. The Labute approximate surface area is 154 Å². The van der Waals surface area contributed by atoms with Crippen LogP contribution in [0.1, 0.15) is 24.8 Å². The van der Waals surface area contributed by atoms with Gasteiger partial charge in [-0.1, -0.05) is 18.2 Å². The second-order valence-electron chi connectivity index (χ2n) is 6.70. The normalized spacial score (nSPS) is 22.8. The highest BCUT2D eigenvalue weighted by atomic mass is 19.1. The summed E-state index contributed by atoms with van der Waals surface area (Å²) < 4.78 is 24.4. The summed E-state index contributed by atoms with van der Waals surface area (Å²) >= 11 is 0. The standard InChI is InChI=1S/C21H26FNO3/c1-25-17-7-2-5-15(13-17)11-12-23-19-9-4-10-20(21(19)24)26-18-8-3-6-16(22)14-18/h2-3,5-8,13-14,19-21,23-24H,4,9-12H2,1H3/t19-,20+,21+/m0/s1. The lowest BCUT2D eigenvalue weighted by atomic mass is 9.89. The average Bonchev–Trinajstić information content (AvgIpc) is 2.65. The highest BCUT2D eigenvalue weighted by Gasteiger charge is 2.33. The molecule has 0 saturated heterocycles. The molecule has 1 fully saturated rings. The van der Waals surface area contributed by atoms with Crippen LogP contribution in [-0.4, -0.2) is 37.0 Å². The van der Waals surface area contributed by atoms with E-state index < -0.39 is 6.10 Å². The van der Waals surface area contributed by atoms with E-state index >= 15 is 0 Å². The Morgan fingerprint density at radius 3 is 2.73 bits per heavy atom. The number of hydrogen-bond acceptors (Lipinski definition) is 4. The van der Waals surface area contributed by atoms with Crippen LogP contribution in [0.15, 0.2) is 48.5 Å². The third-order valence-electron chi connectivity index (χ3n) is 4.83. The highest BCUT2D eigenvalue weighted by molar-refractivity contribution is 5.28. The maximum Gasteiger partial charge on any atom is 0.126 e. The first-order chi connectivity index (χ1) is 12.7. The molecule has 1 aliphatic carbocycles. The van der Waals surface area contributed by atoms with Gasteiger partial charge in [0.2, 0.25) is 0 Å². The van der Waals surface area contributed by atoms with Crippen molar-refractivity contribution in [2.75, 3.05) is 13.7 Å². The van der Waals surface area contributed by atoms with E-state index in [1.54, 1.807) is 19.2 Å². The second-order valence-corrected chi connectivity index (χ2v) is 6.70. The molecule has 3 rings (SSSR count). The van der Waals surface area contributed by atoms with E-state index in [4.69, 9.17) is 9.47 Å². The Morgan fingerprint density at radius 1 is 1.12 bits per heavy atom. The van der Waals surface area contributed by atoms with Gasteiger partial charge in [-0.15, -0.1) is 0 Å². The largest absolute Gasteiger partial charge is 0.497 e. The average molecular weight is 359 g/mol. The molecule has 0 spiro atoms. The van der Waals surface area contributed by atoms with Crippen LogP contribution in [0.3, 0.4) is 0 Å². The van der Waals surface area contributed by atoms with Crippen LogP contribution < -0.4 is 14.8 Å². The SMILES string of the molecule is COc1cccc(CCN[C@H]2CCC[C@@H](Oc3cccc(F)c3)[C@@H]2O)c1. The van der Waals surface area contributed by atoms with E-state index in [-0.39, 0.29) is 18.0 Å². The van der Waals surface area contributed by atoms with Gasteiger partial charge in [-0.2, -0.15) is 0 Å². The molecule has 1 saturated carbocycles. The van der Waals surface area contributed by atoms with Crippen LogP contribution >= 0.6 is 0 Å². The van der Waals surface area contributed by atoms with Gasteiger partial charge in [-0.25, -0.2) is 4.39 Å². The predicted octanol–water partition coefficient (Wildman–Crippen LogP) is 3.33. The summed E-state index contributed by atoms with van der Waals surface area (Å²) in [6.07, 6.45) is 2.56. The van der Waals surface area contributed by atoms with Gasteiger partial charge >= 0.3 is 0 Å². The summed E-state index contributed by atoms with van der Waals surface area (Å²) in [5.41, 5.74) is 1.19. The van der Waals surface area contributed by atoms with Crippen molar-refractivity contribution in [1.29, 1.82) is 0 Å². The predicted molar refractivity (Wildman–Crippen MR) is 99.2 cm³/mol. The molecule has 5 heteroatoms. The maximum absolute atomic E-state index is 13.3. The zero-order valence-corrected chi connectivity index (χ0v) is 15.0. The summed E-state index contributed by atoms with van der Waals surface area (Å²) in [6.45, 7) is 0.765. The molecule has 0 bridgehead atoms. The molecular formula is C21H26FNO3. The summed E-state index contributed by atoms with van der Waals surface area (Å²) in [6, 6.07) is 14.0. The Hall–Kier alpha value is -2.11. The molecule has 0 amide bonds. The molecule has 26 heavy (non-hydrogen) atoms. The minimum absolute atomic E-state index is 0.0204. The van der Waals surface area contributed by atoms with Crippen LogP contribution in [0.25, 0.3) is 0 Å². The molecule has 4 nitrogen and oxygen atoms in total. The molecule has 2 aromatic rings. The van der Waals surface area contributed by atoms with E-state index in [9.17, 15) is 9.50 Å². The van der Waals surface area contributed by atoms with Gasteiger partial charge in [0.15, 0.2) is 0 Å². The van der Waals surface area contributed by atoms with Crippen molar-refractivity contribution in [1.82, 2.24) is 5.32 Å². The quantitative estimate of drug-likeness (QED) is 0.796. The van der Waals surface area contributed by atoms with Gasteiger partial charge in [0.05, 0.1) is 7.11 Å². The zero-order chi connectivity index (χ0) is 18.4. The minimum Gasteiger partial charge on any atom is -0.497 e. The third-order valence-corrected chi connectivity index (χ3v) is 4.83. The number of methoxy groups -OCH3 is 1. The lowest BCUT2D eigenvalue weighted by Gasteiger charge is -2.35. The van der Waals surface area contributed by atoms with Gasteiger partial charge in [-0.3, -0.25) is 0 Å². The minimum atomic E-state index is -0.614. The number of halogens is 1. The van der Waals surface area contributed by atoms with Crippen molar-refractivity contribution in [3.05, 3.63) is 59.9 Å². The number of rotatable bonds is 7. The van der Waals surface area contributed by atoms with E-state index in [2.05, 4.69) is 11.4 Å². The monoisotopic (exact) mass is 359 g/mol. The number of aliphatic hydroxyl groups is 1. The molecule has 1 aliphatic rings. The van der Waals surface area contributed by atoms with Crippen molar-refractivity contribution in [2.45, 2.75) is 43.9 Å². The molecular weight excluding hydrogens is 333 g/mol. The first-order valence-electron chi connectivity index (χ1n) is 9.12. The fourth-order valence-corrected chi connectivity index (χ4v) is 3.44. The van der Waals surface area contributed by atoms with Crippen molar-refractivity contribution >= 4 is 0 Å². The fourth-order valence-electron chi connectivity index (χ4n) is 3.44. The number of hydrogen-bond donors (Lipinski definition) is 2. The first kappa shape index (κ1) is 18.7. The number of ether oxygens (including phenoxy) is 2. The molecule has 140 valence electrons. The molecule has 3 atom stereocenters. The second kappa shape index (κ2) is 9.01. The molecule has 0 heterocycles. The van der Waals surface area contributed by atoms with Gasteiger partial charge in [0, 0.05) is 12.1 Å². The van der Waals surface area contributed by atoms with Gasteiger partial charge < -0.3 is 19.9 Å². The zero-order valence-electron chi connectivity index (χ0n) is 15.0. The Bertz CT molecular complexity index is 709. The highest BCUT2D eigenvalue weighted by Crippen LogP contribution is 2.25. The molecule has 2 aromatic carbocycles. The molecule has 0 aromatic heterocycles. The maximum atomic E-state index is 13.3. The van der Waals surface area contributed by atoms with Gasteiger partial charge in [0.25, 0.3) is 0 Å². The van der Waals surface area contributed by atoms with Gasteiger partial charge in [0.1, 0.15) is 29.5 Å². The van der Waals surface area contributed by atoms with Crippen molar-refractivity contribution in [3.8, 4) is 11.5 Å². The Kier molecular flexibility index (Phi) is 6.47. The smallest absolute Gasteiger partial charge is 0.126 e. The van der Waals surface area contributed by atoms with E-state index in [1.165, 1.54) is 17.7 Å². The number of aliphatic hydroxyl groups excluding tert-OH is 1. The van der Waals surface area contributed by atoms with Crippen LogP contribution in [0.2, 0.25) is 0 Å².